The van der Waals surface area contributed by atoms with Crippen LogP contribution in [0.4, 0.5) is 17.1 Å². The standard InChI is InChI=1S/C48H39N5/c49-44(38-15-6-2-7-16-38)31-45(52-32-34-13-4-1-5-14-34)39-28-26-37(27-29-39)36-24-22-35(23-25-36)33-53(40-17-8-3-9-18-40)48-42-20-11-10-19-41(42)47-43(46(48)50)21-12-30-51-47/h1-32,44H,33,49-50H2/b45-31-,52-32?. The second kappa shape index (κ2) is 15.2. The Balaban J connectivity index is 1.10. The summed E-state index contributed by atoms with van der Waals surface area (Å²) in [6, 6.07) is 60.1. The molecule has 0 amide bonds. The lowest BCUT2D eigenvalue weighted by Crippen LogP contribution is -2.18. The average molecular weight is 686 g/mol. The Bertz CT molecular complexity index is 2530. The third kappa shape index (κ3) is 7.20. The number of aromatic nitrogens is 1. The van der Waals surface area contributed by atoms with Crippen LogP contribution < -0.4 is 16.4 Å². The van der Waals surface area contributed by atoms with E-state index in [1.165, 1.54) is 5.56 Å². The average Bonchev–Trinajstić information content (AvgIpc) is 3.23. The van der Waals surface area contributed by atoms with E-state index in [4.69, 9.17) is 21.4 Å². The van der Waals surface area contributed by atoms with E-state index in [1.54, 1.807) is 0 Å². The molecule has 0 saturated heterocycles. The zero-order valence-corrected chi connectivity index (χ0v) is 29.3. The number of hydrogen-bond donors (Lipinski definition) is 2. The topological polar surface area (TPSA) is 80.5 Å². The molecule has 7 aromatic carbocycles. The molecule has 8 rings (SSSR count). The molecule has 0 spiro atoms. The van der Waals surface area contributed by atoms with Gasteiger partial charge in [0.25, 0.3) is 0 Å². The fraction of sp³-hybridized carbons (Fsp3) is 0.0417. The molecule has 1 aromatic heterocycles. The summed E-state index contributed by atoms with van der Waals surface area (Å²) in [5.41, 5.74) is 24.7. The zero-order valence-electron chi connectivity index (χ0n) is 29.3. The van der Waals surface area contributed by atoms with Gasteiger partial charge in [-0.3, -0.25) is 9.98 Å². The van der Waals surface area contributed by atoms with Gasteiger partial charge in [0.15, 0.2) is 0 Å². The van der Waals surface area contributed by atoms with Gasteiger partial charge in [-0.2, -0.15) is 0 Å². The first-order chi connectivity index (χ1) is 26.1. The summed E-state index contributed by atoms with van der Waals surface area (Å²) < 4.78 is 0. The number of para-hydroxylation sites is 1. The predicted octanol–water partition coefficient (Wildman–Crippen LogP) is 11.1. The van der Waals surface area contributed by atoms with Crippen molar-refractivity contribution in [3.8, 4) is 11.1 Å². The Morgan fingerprint density at radius 1 is 0.623 bits per heavy atom. The fourth-order valence-corrected chi connectivity index (χ4v) is 6.86. The molecule has 5 heteroatoms. The van der Waals surface area contributed by atoms with Crippen molar-refractivity contribution in [2.75, 3.05) is 10.6 Å². The first kappa shape index (κ1) is 33.3. The minimum Gasteiger partial charge on any atom is -0.396 e. The lowest BCUT2D eigenvalue weighted by Gasteiger charge is -2.29. The molecule has 4 N–H and O–H groups in total. The lowest BCUT2D eigenvalue weighted by molar-refractivity contribution is 0.911. The minimum absolute atomic E-state index is 0.290. The number of nitrogen functional groups attached to an aromatic ring is 1. The van der Waals surface area contributed by atoms with Gasteiger partial charge in [0.1, 0.15) is 0 Å². The molecule has 53 heavy (non-hydrogen) atoms. The first-order valence-corrected chi connectivity index (χ1v) is 17.8. The Morgan fingerprint density at radius 2 is 1.21 bits per heavy atom. The van der Waals surface area contributed by atoms with Crippen LogP contribution in [0, 0.1) is 0 Å². The number of aliphatic imine (C=N–C) groups is 1. The van der Waals surface area contributed by atoms with Crippen LogP contribution in [0.15, 0.2) is 193 Å². The van der Waals surface area contributed by atoms with Crippen LogP contribution >= 0.6 is 0 Å². The molecule has 256 valence electrons. The molecule has 8 aromatic rings. The quantitative estimate of drug-likeness (QED) is 0.0650. The van der Waals surface area contributed by atoms with Gasteiger partial charge in [0, 0.05) is 40.8 Å². The highest BCUT2D eigenvalue weighted by Gasteiger charge is 2.20. The monoisotopic (exact) mass is 685 g/mol. The third-order valence-electron chi connectivity index (χ3n) is 9.61. The van der Waals surface area contributed by atoms with E-state index in [9.17, 15) is 0 Å². The van der Waals surface area contributed by atoms with Crippen molar-refractivity contribution in [1.82, 2.24) is 4.98 Å². The van der Waals surface area contributed by atoms with E-state index in [0.29, 0.717) is 6.54 Å². The number of rotatable bonds is 10. The molecule has 1 unspecified atom stereocenters. The van der Waals surface area contributed by atoms with E-state index < -0.39 is 0 Å². The largest absolute Gasteiger partial charge is 0.396 e. The predicted molar refractivity (Wildman–Crippen MR) is 223 cm³/mol. The Hall–Kier alpha value is -6.82. The lowest BCUT2D eigenvalue weighted by atomic mass is 9.99. The molecule has 0 saturated carbocycles. The van der Waals surface area contributed by atoms with Gasteiger partial charge in [-0.1, -0.05) is 152 Å². The Kier molecular flexibility index (Phi) is 9.56. The fourth-order valence-electron chi connectivity index (χ4n) is 6.86. The number of nitrogens with two attached hydrogens (primary N) is 2. The number of pyridine rings is 1. The van der Waals surface area contributed by atoms with Gasteiger partial charge in [-0.05, 0) is 63.7 Å². The minimum atomic E-state index is -0.290. The second-order valence-corrected chi connectivity index (χ2v) is 13.1. The molecule has 0 aliphatic rings. The maximum absolute atomic E-state index is 7.01. The van der Waals surface area contributed by atoms with Crippen molar-refractivity contribution in [3.63, 3.8) is 0 Å². The van der Waals surface area contributed by atoms with Gasteiger partial charge in [-0.15, -0.1) is 0 Å². The number of hydrogen-bond acceptors (Lipinski definition) is 5. The summed E-state index contributed by atoms with van der Waals surface area (Å²) in [7, 11) is 0. The highest BCUT2D eigenvalue weighted by atomic mass is 15.1. The highest BCUT2D eigenvalue weighted by Crippen LogP contribution is 2.43. The van der Waals surface area contributed by atoms with Crippen LogP contribution in [0.2, 0.25) is 0 Å². The van der Waals surface area contributed by atoms with E-state index in [2.05, 4.69) is 108 Å². The number of benzene rings is 7. The first-order valence-electron chi connectivity index (χ1n) is 17.8. The van der Waals surface area contributed by atoms with E-state index in [-0.39, 0.29) is 6.04 Å². The molecule has 1 heterocycles. The van der Waals surface area contributed by atoms with E-state index in [1.807, 2.05) is 91.3 Å². The van der Waals surface area contributed by atoms with Crippen LogP contribution in [-0.4, -0.2) is 11.2 Å². The van der Waals surface area contributed by atoms with Crippen molar-refractivity contribution < 1.29 is 0 Å². The summed E-state index contributed by atoms with van der Waals surface area (Å²) in [5, 5.41) is 3.10. The number of anilines is 3. The second-order valence-electron chi connectivity index (χ2n) is 13.1. The molecule has 0 aliphatic carbocycles. The SMILES string of the molecule is Nc1c(N(Cc2ccc(-c3ccc(/C(=C/C(N)c4ccccc4)N=Cc4ccccc4)cc3)cc2)c2ccccc2)c2ccccc2c2ncccc12. The summed E-state index contributed by atoms with van der Waals surface area (Å²) in [6.07, 6.45) is 5.74. The number of fused-ring (bicyclic) bond motifs is 3. The Morgan fingerprint density at radius 3 is 1.91 bits per heavy atom. The van der Waals surface area contributed by atoms with Gasteiger partial charge < -0.3 is 16.4 Å². The molecule has 0 aliphatic heterocycles. The van der Waals surface area contributed by atoms with Crippen molar-refractivity contribution in [2.24, 2.45) is 10.7 Å². The van der Waals surface area contributed by atoms with Crippen molar-refractivity contribution in [2.45, 2.75) is 12.6 Å². The van der Waals surface area contributed by atoms with Crippen molar-refractivity contribution >= 4 is 50.6 Å². The van der Waals surface area contributed by atoms with E-state index >= 15 is 0 Å². The molecule has 1 atom stereocenters. The number of nitrogens with zero attached hydrogens (tertiary/aromatic N) is 3. The summed E-state index contributed by atoms with van der Waals surface area (Å²) in [6.45, 7) is 0.637. The van der Waals surface area contributed by atoms with Crippen molar-refractivity contribution in [1.29, 1.82) is 0 Å². The molecule has 0 radical (unpaired) electrons. The highest BCUT2D eigenvalue weighted by molar-refractivity contribution is 6.18. The van der Waals surface area contributed by atoms with Gasteiger partial charge >= 0.3 is 0 Å². The molecule has 0 bridgehead atoms. The molecular formula is C48H39N5. The zero-order chi connectivity index (χ0) is 36.0. The van der Waals surface area contributed by atoms with Gasteiger partial charge in [0.2, 0.25) is 0 Å². The van der Waals surface area contributed by atoms with Crippen molar-refractivity contribution in [3.05, 3.63) is 210 Å². The van der Waals surface area contributed by atoms with Crippen LogP contribution in [0.1, 0.15) is 28.3 Å². The van der Waals surface area contributed by atoms with Gasteiger partial charge in [-0.25, -0.2) is 0 Å². The third-order valence-corrected chi connectivity index (χ3v) is 9.61. The van der Waals surface area contributed by atoms with E-state index in [0.717, 1.165) is 72.3 Å². The molecule has 5 nitrogen and oxygen atoms in total. The maximum atomic E-state index is 7.01. The molecule has 0 fully saturated rings. The normalized spacial score (nSPS) is 12.4. The van der Waals surface area contributed by atoms with Crippen LogP contribution in [0.3, 0.4) is 0 Å². The van der Waals surface area contributed by atoms with Crippen LogP contribution in [0.25, 0.3) is 38.5 Å². The Labute approximate surface area is 310 Å². The maximum Gasteiger partial charge on any atom is 0.0802 e. The van der Waals surface area contributed by atoms with Gasteiger partial charge in [0.05, 0.1) is 28.6 Å². The smallest absolute Gasteiger partial charge is 0.0802 e. The molecular weight excluding hydrogens is 647 g/mol. The van der Waals surface area contributed by atoms with Crippen LogP contribution in [0.5, 0.6) is 0 Å². The summed E-state index contributed by atoms with van der Waals surface area (Å²) in [4.78, 5) is 11.9. The summed E-state index contributed by atoms with van der Waals surface area (Å²) >= 11 is 0. The van der Waals surface area contributed by atoms with Crippen LogP contribution in [-0.2, 0) is 6.54 Å². The summed E-state index contributed by atoms with van der Waals surface area (Å²) in [5.74, 6) is 0.